The maximum Gasteiger partial charge on any atom is 0.143 e. The second-order valence-electron chi connectivity index (χ2n) is 6.09. The molecule has 0 radical (unpaired) electrons. The molecule has 23 heavy (non-hydrogen) atoms. The van der Waals surface area contributed by atoms with E-state index < -0.39 is 0 Å². The molecule has 0 N–H and O–H groups in total. The summed E-state index contributed by atoms with van der Waals surface area (Å²) in [6.07, 6.45) is 2.58. The summed E-state index contributed by atoms with van der Waals surface area (Å²) in [5.41, 5.74) is 2.29. The third kappa shape index (κ3) is 8.70. The maximum absolute atomic E-state index is 11.9. The molecule has 1 atom stereocenters. The molecule has 3 nitrogen and oxygen atoms in total. The van der Waals surface area contributed by atoms with Gasteiger partial charge in [-0.25, -0.2) is 0 Å². The normalized spacial score (nSPS) is 12.0. The zero-order valence-corrected chi connectivity index (χ0v) is 15.1. The summed E-state index contributed by atoms with van der Waals surface area (Å²) in [7, 11) is 0. The van der Waals surface area contributed by atoms with Crippen LogP contribution in [0.4, 0.5) is 0 Å². The first-order chi connectivity index (χ1) is 10.9. The van der Waals surface area contributed by atoms with Gasteiger partial charge in [0.25, 0.3) is 0 Å². The van der Waals surface area contributed by atoms with Crippen molar-refractivity contribution in [2.24, 2.45) is 5.92 Å². The smallest absolute Gasteiger partial charge is 0.143 e. The van der Waals surface area contributed by atoms with Crippen LogP contribution in [0.15, 0.2) is 24.3 Å². The third-order valence-corrected chi connectivity index (χ3v) is 5.04. The molecule has 0 saturated carbocycles. The van der Waals surface area contributed by atoms with E-state index in [1.54, 1.807) is 13.8 Å². The fraction of sp³-hybridized carbons (Fsp3) is 0.526. The number of rotatable bonds is 11. The van der Waals surface area contributed by atoms with Crippen LogP contribution in [0.3, 0.4) is 0 Å². The highest BCUT2D eigenvalue weighted by molar-refractivity contribution is 7.99. The van der Waals surface area contributed by atoms with Crippen LogP contribution in [0, 0.1) is 5.92 Å². The highest BCUT2D eigenvalue weighted by atomic mass is 32.2. The molecule has 1 rings (SSSR count). The number of hydrogen-bond donors (Lipinski definition) is 0. The molecule has 126 valence electrons. The van der Waals surface area contributed by atoms with Crippen molar-refractivity contribution in [2.45, 2.75) is 46.5 Å². The molecule has 4 heteroatoms. The zero-order chi connectivity index (χ0) is 17.2. The lowest BCUT2D eigenvalue weighted by Crippen LogP contribution is -2.11. The van der Waals surface area contributed by atoms with Gasteiger partial charge in [-0.15, -0.1) is 0 Å². The van der Waals surface area contributed by atoms with Crippen LogP contribution in [-0.2, 0) is 27.2 Å². The summed E-state index contributed by atoms with van der Waals surface area (Å²) in [6.45, 7) is 5.09. The Bertz CT molecular complexity index is 551. The molecule has 0 amide bonds. The second kappa shape index (κ2) is 10.4. The first-order valence-electron chi connectivity index (χ1n) is 8.05. The number of benzene rings is 1. The number of carbonyl (C=O) groups excluding carboxylic acids is 3. The first kappa shape index (κ1) is 19.6. The Morgan fingerprint density at radius 1 is 1.04 bits per heavy atom. The Morgan fingerprint density at radius 2 is 1.65 bits per heavy atom. The van der Waals surface area contributed by atoms with E-state index in [-0.39, 0.29) is 23.3 Å². The summed E-state index contributed by atoms with van der Waals surface area (Å²) >= 11 is 1.54. The van der Waals surface area contributed by atoms with Gasteiger partial charge in [-0.2, -0.15) is 11.8 Å². The Hall–Kier alpha value is -1.42. The molecule has 0 bridgehead atoms. The van der Waals surface area contributed by atoms with Crippen LogP contribution in [0.5, 0.6) is 0 Å². The van der Waals surface area contributed by atoms with E-state index in [2.05, 4.69) is 6.07 Å². The number of ketones is 3. The van der Waals surface area contributed by atoms with Crippen LogP contribution < -0.4 is 0 Å². The van der Waals surface area contributed by atoms with Crippen LogP contribution in [-0.4, -0.2) is 28.9 Å². The van der Waals surface area contributed by atoms with E-state index in [0.717, 1.165) is 24.0 Å². The molecule has 0 heterocycles. The predicted octanol–water partition coefficient (Wildman–Crippen LogP) is 3.67. The van der Waals surface area contributed by atoms with Gasteiger partial charge >= 0.3 is 0 Å². The largest absolute Gasteiger partial charge is 0.300 e. The first-order valence-corrected chi connectivity index (χ1v) is 9.21. The van der Waals surface area contributed by atoms with Gasteiger partial charge in [-0.3, -0.25) is 9.59 Å². The summed E-state index contributed by atoms with van der Waals surface area (Å²) < 4.78 is 0. The fourth-order valence-corrected chi connectivity index (χ4v) is 3.16. The lowest BCUT2D eigenvalue weighted by atomic mass is 10.0. The minimum absolute atomic E-state index is 0.0192. The summed E-state index contributed by atoms with van der Waals surface area (Å²) in [6, 6.07) is 8.11. The number of Topliss-reactive ketones (excluding diaryl/α,β-unsaturated/α-hetero) is 3. The molecule has 0 aromatic heterocycles. The van der Waals surface area contributed by atoms with E-state index in [1.807, 2.05) is 25.1 Å². The molecule has 0 fully saturated rings. The topological polar surface area (TPSA) is 51.2 Å². The van der Waals surface area contributed by atoms with E-state index in [0.29, 0.717) is 24.3 Å². The zero-order valence-electron chi connectivity index (χ0n) is 14.3. The minimum atomic E-state index is 0.0192. The monoisotopic (exact) mass is 334 g/mol. The molecule has 0 aliphatic heterocycles. The van der Waals surface area contributed by atoms with E-state index in [9.17, 15) is 14.4 Å². The van der Waals surface area contributed by atoms with Gasteiger partial charge in [0.15, 0.2) is 0 Å². The fourth-order valence-electron chi connectivity index (χ4n) is 2.08. The van der Waals surface area contributed by atoms with Gasteiger partial charge < -0.3 is 4.79 Å². The molecule has 1 aromatic rings. The van der Waals surface area contributed by atoms with E-state index in [1.165, 1.54) is 11.8 Å². The van der Waals surface area contributed by atoms with Crippen molar-refractivity contribution >= 4 is 29.1 Å². The third-order valence-electron chi connectivity index (χ3n) is 3.77. The van der Waals surface area contributed by atoms with Crippen molar-refractivity contribution in [1.29, 1.82) is 0 Å². The highest BCUT2D eigenvalue weighted by Gasteiger charge is 2.09. The predicted molar refractivity (Wildman–Crippen MR) is 95.9 cm³/mol. The van der Waals surface area contributed by atoms with Crippen molar-refractivity contribution in [3.05, 3.63) is 35.4 Å². The molecule has 0 aliphatic carbocycles. The standard InChI is InChI=1S/C19H26O3S/c1-14(16(3)21)12-23-13-19(22)10-9-18-6-4-5-17(11-18)8-7-15(2)20/h4-6,11,14H,7-10,12-13H2,1-3H3/t14-/m1/s1. The molecule has 0 saturated heterocycles. The number of thioether (sulfide) groups is 1. The van der Waals surface area contributed by atoms with Crippen molar-refractivity contribution < 1.29 is 14.4 Å². The van der Waals surface area contributed by atoms with Crippen molar-refractivity contribution in [2.75, 3.05) is 11.5 Å². The lowest BCUT2D eigenvalue weighted by Gasteiger charge is -2.07. The van der Waals surface area contributed by atoms with E-state index in [4.69, 9.17) is 0 Å². The Labute approximate surface area is 143 Å². The van der Waals surface area contributed by atoms with Crippen LogP contribution >= 0.6 is 11.8 Å². The molecular formula is C19H26O3S. The molecule has 0 spiro atoms. The summed E-state index contributed by atoms with van der Waals surface area (Å²) in [5.74, 6) is 1.80. The number of carbonyl (C=O) groups is 3. The quantitative estimate of drug-likeness (QED) is 0.619. The van der Waals surface area contributed by atoms with Crippen LogP contribution in [0.1, 0.15) is 44.7 Å². The SMILES string of the molecule is CC(=O)CCc1cccc(CCC(=O)CSC[C@@H](C)C(C)=O)c1. The van der Waals surface area contributed by atoms with Gasteiger partial charge in [0.1, 0.15) is 17.3 Å². The van der Waals surface area contributed by atoms with E-state index >= 15 is 0 Å². The second-order valence-corrected chi connectivity index (χ2v) is 7.12. The maximum atomic E-state index is 11.9. The Kier molecular flexibility index (Phi) is 8.85. The van der Waals surface area contributed by atoms with Crippen molar-refractivity contribution in [3.8, 4) is 0 Å². The van der Waals surface area contributed by atoms with Crippen LogP contribution in [0.2, 0.25) is 0 Å². The average molecular weight is 334 g/mol. The lowest BCUT2D eigenvalue weighted by molar-refractivity contribution is -0.120. The minimum Gasteiger partial charge on any atom is -0.300 e. The van der Waals surface area contributed by atoms with Gasteiger partial charge in [0.2, 0.25) is 0 Å². The van der Waals surface area contributed by atoms with Crippen LogP contribution in [0.25, 0.3) is 0 Å². The summed E-state index contributed by atoms with van der Waals surface area (Å²) in [4.78, 5) is 34.1. The average Bonchev–Trinajstić information content (AvgIpc) is 2.51. The van der Waals surface area contributed by atoms with Gasteiger partial charge in [0.05, 0.1) is 5.75 Å². The Balaban J connectivity index is 2.34. The number of aryl methyl sites for hydroxylation is 2. The molecular weight excluding hydrogens is 308 g/mol. The van der Waals surface area contributed by atoms with Crippen molar-refractivity contribution in [3.63, 3.8) is 0 Å². The number of hydrogen-bond acceptors (Lipinski definition) is 4. The van der Waals surface area contributed by atoms with Crippen molar-refractivity contribution in [1.82, 2.24) is 0 Å². The summed E-state index contributed by atoms with van der Waals surface area (Å²) in [5, 5.41) is 0. The highest BCUT2D eigenvalue weighted by Crippen LogP contribution is 2.13. The molecule has 0 aliphatic rings. The molecule has 0 unspecified atom stereocenters. The Morgan fingerprint density at radius 3 is 2.22 bits per heavy atom. The van der Waals surface area contributed by atoms with Gasteiger partial charge in [-0.1, -0.05) is 31.2 Å². The molecule has 1 aromatic carbocycles. The van der Waals surface area contributed by atoms with Gasteiger partial charge in [0, 0.05) is 24.5 Å². The van der Waals surface area contributed by atoms with Gasteiger partial charge in [-0.05, 0) is 37.8 Å².